The molecule has 0 amide bonds. The van der Waals surface area contributed by atoms with Gasteiger partial charge in [0.05, 0.1) is 12.2 Å². The van der Waals surface area contributed by atoms with Crippen LogP contribution in [0.3, 0.4) is 0 Å². The highest BCUT2D eigenvalue weighted by molar-refractivity contribution is 5.64. The fraction of sp³-hybridized carbons (Fsp3) is 0.308. The molecule has 1 aromatic heterocycles. The van der Waals surface area contributed by atoms with Crippen molar-refractivity contribution in [3.8, 4) is 17.1 Å². The van der Waals surface area contributed by atoms with E-state index in [1.165, 1.54) is 0 Å². The van der Waals surface area contributed by atoms with Crippen LogP contribution >= 0.6 is 0 Å². The molecule has 0 aliphatic heterocycles. The zero-order valence-corrected chi connectivity index (χ0v) is 9.68. The van der Waals surface area contributed by atoms with E-state index in [4.69, 9.17) is 4.74 Å². The van der Waals surface area contributed by atoms with Crippen molar-refractivity contribution in [2.75, 3.05) is 6.61 Å². The molecular weight excluding hydrogens is 200 g/mol. The van der Waals surface area contributed by atoms with Gasteiger partial charge in [-0.15, -0.1) is 0 Å². The van der Waals surface area contributed by atoms with Gasteiger partial charge in [0.25, 0.3) is 0 Å². The molecule has 1 heterocycles. The van der Waals surface area contributed by atoms with Gasteiger partial charge in [0.15, 0.2) is 0 Å². The zero-order valence-electron chi connectivity index (χ0n) is 9.68. The second kappa shape index (κ2) is 4.84. The first kappa shape index (κ1) is 10.7. The molecule has 0 spiro atoms. The molecule has 2 rings (SSSR count). The van der Waals surface area contributed by atoms with E-state index in [-0.39, 0.29) is 0 Å². The summed E-state index contributed by atoms with van der Waals surface area (Å²) in [4.78, 5) is 4.34. The van der Waals surface area contributed by atoms with E-state index < -0.39 is 0 Å². The number of ether oxygens (including phenoxy) is 1. The molecule has 0 unspecified atom stereocenters. The van der Waals surface area contributed by atoms with Crippen LogP contribution in [0.2, 0.25) is 0 Å². The number of rotatable bonds is 4. The number of hydrogen-bond donors (Lipinski definition) is 0. The molecule has 0 saturated carbocycles. The number of aromatic nitrogens is 2. The van der Waals surface area contributed by atoms with Crippen molar-refractivity contribution in [2.24, 2.45) is 7.05 Å². The van der Waals surface area contributed by atoms with Gasteiger partial charge >= 0.3 is 0 Å². The maximum absolute atomic E-state index is 5.71. The van der Waals surface area contributed by atoms with Crippen LogP contribution in [0.15, 0.2) is 36.7 Å². The Morgan fingerprint density at radius 1 is 1.31 bits per heavy atom. The maximum Gasteiger partial charge on any atom is 0.143 e. The van der Waals surface area contributed by atoms with Crippen molar-refractivity contribution in [2.45, 2.75) is 13.3 Å². The third-order valence-electron chi connectivity index (χ3n) is 2.41. The van der Waals surface area contributed by atoms with Crippen LogP contribution in [0.5, 0.6) is 5.75 Å². The molecule has 3 heteroatoms. The lowest BCUT2D eigenvalue weighted by atomic mass is 10.2. The van der Waals surface area contributed by atoms with E-state index in [0.717, 1.165) is 30.2 Å². The standard InChI is InChI=1S/C13H16N2O/c1-3-10-16-12-7-5-4-6-11(12)13-14-8-9-15(13)2/h4-9H,3,10H2,1-2H3. The van der Waals surface area contributed by atoms with Crippen LogP contribution in [-0.2, 0) is 7.05 Å². The average molecular weight is 216 g/mol. The van der Waals surface area contributed by atoms with Crippen molar-refractivity contribution in [3.63, 3.8) is 0 Å². The molecule has 0 aliphatic rings. The molecule has 0 fully saturated rings. The fourth-order valence-electron chi connectivity index (χ4n) is 1.61. The molecule has 3 nitrogen and oxygen atoms in total. The average Bonchev–Trinajstić information content (AvgIpc) is 2.73. The molecule has 0 aliphatic carbocycles. The van der Waals surface area contributed by atoms with E-state index in [9.17, 15) is 0 Å². The second-order valence-corrected chi connectivity index (χ2v) is 3.71. The summed E-state index contributed by atoms with van der Waals surface area (Å²) >= 11 is 0. The first-order chi connectivity index (χ1) is 7.83. The van der Waals surface area contributed by atoms with Crippen molar-refractivity contribution in [3.05, 3.63) is 36.7 Å². The Labute approximate surface area is 95.7 Å². The molecule has 1 aromatic carbocycles. The predicted octanol–water partition coefficient (Wildman–Crippen LogP) is 2.88. The summed E-state index contributed by atoms with van der Waals surface area (Å²) in [5.74, 6) is 1.84. The topological polar surface area (TPSA) is 27.1 Å². The van der Waals surface area contributed by atoms with E-state index in [1.807, 2.05) is 42.1 Å². The number of hydrogen-bond acceptors (Lipinski definition) is 2. The fourth-order valence-corrected chi connectivity index (χ4v) is 1.61. The zero-order chi connectivity index (χ0) is 11.4. The molecule has 0 saturated heterocycles. The third kappa shape index (κ3) is 2.08. The highest BCUT2D eigenvalue weighted by atomic mass is 16.5. The summed E-state index contributed by atoms with van der Waals surface area (Å²) in [6.45, 7) is 2.84. The SMILES string of the molecule is CCCOc1ccccc1-c1nccn1C. The van der Waals surface area contributed by atoms with Gasteiger partial charge in [-0.1, -0.05) is 19.1 Å². The molecule has 0 atom stereocenters. The smallest absolute Gasteiger partial charge is 0.143 e. The minimum Gasteiger partial charge on any atom is -0.493 e. The Morgan fingerprint density at radius 3 is 2.81 bits per heavy atom. The molecule has 0 bridgehead atoms. The molecule has 0 radical (unpaired) electrons. The van der Waals surface area contributed by atoms with Gasteiger partial charge < -0.3 is 9.30 Å². The van der Waals surface area contributed by atoms with Gasteiger partial charge in [-0.3, -0.25) is 0 Å². The van der Waals surface area contributed by atoms with E-state index in [2.05, 4.69) is 11.9 Å². The Morgan fingerprint density at radius 2 is 2.12 bits per heavy atom. The largest absolute Gasteiger partial charge is 0.493 e. The minimum atomic E-state index is 0.738. The lowest BCUT2D eigenvalue weighted by molar-refractivity contribution is 0.318. The second-order valence-electron chi connectivity index (χ2n) is 3.71. The summed E-state index contributed by atoms with van der Waals surface area (Å²) in [5.41, 5.74) is 1.04. The summed E-state index contributed by atoms with van der Waals surface area (Å²) < 4.78 is 7.71. The quantitative estimate of drug-likeness (QED) is 0.785. The lowest BCUT2D eigenvalue weighted by Crippen LogP contribution is -1.99. The Kier molecular flexibility index (Phi) is 3.25. The molecular formula is C13H16N2O. The van der Waals surface area contributed by atoms with Gasteiger partial charge in [-0.05, 0) is 18.6 Å². The van der Waals surface area contributed by atoms with Crippen LogP contribution < -0.4 is 4.74 Å². The van der Waals surface area contributed by atoms with Gasteiger partial charge in [0, 0.05) is 19.4 Å². The van der Waals surface area contributed by atoms with Gasteiger partial charge in [-0.2, -0.15) is 0 Å². The first-order valence-corrected chi connectivity index (χ1v) is 5.52. The predicted molar refractivity (Wildman–Crippen MR) is 64.4 cm³/mol. The van der Waals surface area contributed by atoms with E-state index in [1.54, 1.807) is 6.20 Å². The summed E-state index contributed by atoms with van der Waals surface area (Å²) in [6.07, 6.45) is 4.74. The highest BCUT2D eigenvalue weighted by Crippen LogP contribution is 2.28. The first-order valence-electron chi connectivity index (χ1n) is 5.52. The van der Waals surface area contributed by atoms with Gasteiger partial charge in [0.2, 0.25) is 0 Å². The van der Waals surface area contributed by atoms with Crippen LogP contribution in [0.4, 0.5) is 0 Å². The summed E-state index contributed by atoms with van der Waals surface area (Å²) in [7, 11) is 1.99. The number of aryl methyl sites for hydroxylation is 1. The Balaban J connectivity index is 2.37. The van der Waals surface area contributed by atoms with Crippen molar-refractivity contribution >= 4 is 0 Å². The van der Waals surface area contributed by atoms with Crippen LogP contribution in [0, 0.1) is 0 Å². The molecule has 84 valence electrons. The summed E-state index contributed by atoms with van der Waals surface area (Å²) in [6, 6.07) is 8.01. The Hall–Kier alpha value is -1.77. The van der Waals surface area contributed by atoms with E-state index >= 15 is 0 Å². The third-order valence-corrected chi connectivity index (χ3v) is 2.41. The normalized spacial score (nSPS) is 10.4. The van der Waals surface area contributed by atoms with Crippen molar-refractivity contribution in [1.29, 1.82) is 0 Å². The van der Waals surface area contributed by atoms with Gasteiger partial charge in [-0.25, -0.2) is 4.98 Å². The number of benzene rings is 1. The summed E-state index contributed by atoms with van der Waals surface area (Å²) in [5, 5.41) is 0. The van der Waals surface area contributed by atoms with Crippen LogP contribution in [0.25, 0.3) is 11.4 Å². The highest BCUT2D eigenvalue weighted by Gasteiger charge is 2.09. The van der Waals surface area contributed by atoms with Crippen molar-refractivity contribution in [1.82, 2.24) is 9.55 Å². The number of nitrogens with zero attached hydrogens (tertiary/aromatic N) is 2. The molecule has 2 aromatic rings. The van der Waals surface area contributed by atoms with Crippen LogP contribution in [-0.4, -0.2) is 16.2 Å². The Bertz CT molecular complexity index is 462. The molecule has 16 heavy (non-hydrogen) atoms. The van der Waals surface area contributed by atoms with Crippen molar-refractivity contribution < 1.29 is 4.74 Å². The monoisotopic (exact) mass is 216 g/mol. The number of para-hydroxylation sites is 1. The van der Waals surface area contributed by atoms with Gasteiger partial charge in [0.1, 0.15) is 11.6 Å². The lowest BCUT2D eigenvalue weighted by Gasteiger charge is -2.10. The molecule has 0 N–H and O–H groups in total. The maximum atomic E-state index is 5.71. The van der Waals surface area contributed by atoms with E-state index in [0.29, 0.717) is 0 Å². The van der Waals surface area contributed by atoms with Crippen LogP contribution in [0.1, 0.15) is 13.3 Å². The minimum absolute atomic E-state index is 0.738. The number of imidazole rings is 1.